The molecule has 26 rings (SSSR count). The normalized spacial score (nSPS) is 36.0. The maximum atomic E-state index is 8.13. The molecular weight excluding hydrogens is 1830 g/mol. The molecule has 35 atom stereocenters. The highest BCUT2D eigenvalue weighted by Crippen LogP contribution is 2.50. The van der Waals surface area contributed by atoms with Gasteiger partial charge < -0.3 is 189 Å². The largest absolute Gasteiger partial charge is 0.497 e. The first-order valence-corrected chi connectivity index (χ1v) is 46.1. The molecule has 0 radical (unpaired) electrons. The van der Waals surface area contributed by atoms with Crippen LogP contribution in [0.25, 0.3) is 0 Å². The zero-order valence-electron chi connectivity index (χ0n) is 84.0. The smallest absolute Gasteiger partial charge is 0.187 e. The molecule has 0 N–H and O–H groups in total. The molecule has 0 aliphatic carbocycles. The lowest BCUT2D eigenvalue weighted by atomic mass is 9.75. The van der Waals surface area contributed by atoms with Gasteiger partial charge in [0.15, 0.2) is 44.0 Å². The summed E-state index contributed by atoms with van der Waals surface area (Å²) >= 11 is 0. The molecule has 14 bridgehead atoms. The van der Waals surface area contributed by atoms with Gasteiger partial charge in [-0.2, -0.15) is 0 Å². The summed E-state index contributed by atoms with van der Waals surface area (Å²) in [6.45, 7) is -1.00. The molecule has 139 heavy (non-hydrogen) atoms. The maximum absolute atomic E-state index is 8.13. The van der Waals surface area contributed by atoms with E-state index in [2.05, 4.69) is 6.07 Å². The van der Waals surface area contributed by atoms with E-state index < -0.39 is 233 Å². The predicted molar refractivity (Wildman–Crippen MR) is 488 cm³/mol. The Hall–Kier alpha value is -6.14. The molecule has 780 valence electrons. The van der Waals surface area contributed by atoms with Gasteiger partial charge in [-0.1, -0.05) is 66.7 Å². The third kappa shape index (κ3) is 23.0. The van der Waals surface area contributed by atoms with Crippen molar-refractivity contribution in [2.24, 2.45) is 0 Å². The summed E-state index contributed by atoms with van der Waals surface area (Å²) in [7, 11) is 38.3. The summed E-state index contributed by atoms with van der Waals surface area (Å²) in [5, 5.41) is 0. The minimum absolute atomic E-state index is 0.0740. The lowest BCUT2D eigenvalue weighted by Crippen LogP contribution is -2.69. The van der Waals surface area contributed by atoms with Crippen LogP contribution in [0, 0.1) is 0 Å². The topological polar surface area (TPSA) is 369 Å². The molecule has 5 aromatic carbocycles. The third-order valence-electron chi connectivity index (χ3n) is 27.4. The second-order valence-electron chi connectivity index (χ2n) is 34.4. The van der Waals surface area contributed by atoms with Crippen LogP contribution in [0.4, 0.5) is 0 Å². The number of rotatable bonds is 40. The Balaban J connectivity index is 0.976. The molecule has 40 heteroatoms. The second-order valence-corrected chi connectivity index (χ2v) is 34.4. The van der Waals surface area contributed by atoms with Gasteiger partial charge in [0.05, 0.1) is 74.7 Å². The molecule has 40 nitrogen and oxygen atoms in total. The summed E-state index contributed by atoms with van der Waals surface area (Å²) in [4.78, 5) is 0. The third-order valence-corrected chi connectivity index (χ3v) is 27.4. The van der Waals surface area contributed by atoms with Gasteiger partial charge in [0, 0.05) is 149 Å². The average Bonchev–Trinajstić information content (AvgIpc) is 0.856. The minimum Gasteiger partial charge on any atom is -0.497 e. The van der Waals surface area contributed by atoms with Gasteiger partial charge in [-0.05, 0) is 88.0 Å². The van der Waals surface area contributed by atoms with Gasteiger partial charge in [0.1, 0.15) is 205 Å². The van der Waals surface area contributed by atoms with E-state index in [1.165, 1.54) is 142 Å². The van der Waals surface area contributed by atoms with E-state index in [9.17, 15) is 0 Å². The minimum atomic E-state index is -1.68. The predicted octanol–water partition coefficient (Wildman–Crippen LogP) is 5.84. The van der Waals surface area contributed by atoms with Gasteiger partial charge in [-0.25, -0.2) is 0 Å². The first kappa shape index (κ1) is 110. The van der Waals surface area contributed by atoms with Crippen molar-refractivity contribution in [3.8, 4) is 23.0 Å². The Kier molecular flexibility index (Phi) is 41.4. The van der Waals surface area contributed by atoms with Crippen LogP contribution in [0.3, 0.4) is 0 Å². The molecule has 21 heterocycles. The first-order valence-electron chi connectivity index (χ1n) is 46.1. The number of hydrogen-bond acceptors (Lipinski definition) is 40. The van der Waals surface area contributed by atoms with Gasteiger partial charge in [0.25, 0.3) is 0 Å². The summed E-state index contributed by atoms with van der Waals surface area (Å²) < 4.78 is 267. The fourth-order valence-electron chi connectivity index (χ4n) is 20.8. The molecule has 5 aromatic rings. The second kappa shape index (κ2) is 52.3. The van der Waals surface area contributed by atoms with Crippen LogP contribution in [0.5, 0.6) is 23.0 Å². The summed E-state index contributed by atoms with van der Waals surface area (Å²) in [6, 6.07) is 38.7. The monoisotopic (exact) mass is 1970 g/mol. The van der Waals surface area contributed by atoms with E-state index in [1.807, 2.05) is 115 Å². The van der Waals surface area contributed by atoms with Crippen LogP contribution < -0.4 is 18.9 Å². The lowest BCUT2D eigenvalue weighted by molar-refractivity contribution is -0.403. The zero-order valence-corrected chi connectivity index (χ0v) is 84.0. The lowest BCUT2D eigenvalue weighted by Gasteiger charge is -2.52. The molecule has 21 aliphatic heterocycles. The quantitative estimate of drug-likeness (QED) is 0.0415. The van der Waals surface area contributed by atoms with Gasteiger partial charge >= 0.3 is 0 Å². The number of methoxy groups -OCH3 is 25. The SMILES string of the molecule is COC[C@@H]1O[C@@H]2O[C@H]3[C@H](OC)[C@@H](OC)[C@@H](O[C@H]4[C@@H](OC)[C@H](OC)[C@@H](O[C@H]5[C@H](OC)[C@H](OC)[C@@H](O[C@H]6[C@H](OC)[C@@H](OC)[C@@H](O[C@H]7[C@H](OC)[C@@H](OC)[C@@H](O[C@H]8[C@H](OC)[C@@H](OC)[C@@H](O[C@H]1[C@H](OC)[C@H]2OC)O[C@H]8COC)O[C@H]7COC)O[C@@H]6COC(c1ccc(OC)cc1)(c1ccc(OC)cc1)c1cccc(C(OC)(c2ccc(OC)cc2)c2ccc(OC)cc2)c1)O[C@@H]5COC)O[C@@H]4COC)O[C@H]3COC. The van der Waals surface area contributed by atoms with Crippen LogP contribution in [-0.4, -0.2) is 439 Å². The number of hydrogen-bond donors (Lipinski definition) is 0. The summed E-state index contributed by atoms with van der Waals surface area (Å²) in [6.07, 6.45) is -40.3. The van der Waals surface area contributed by atoms with Crippen molar-refractivity contribution < 1.29 is 189 Å². The Morgan fingerprint density at radius 3 is 0.525 bits per heavy atom. The highest BCUT2D eigenvalue weighted by atomic mass is 16.8. The van der Waals surface area contributed by atoms with Crippen LogP contribution in [-0.2, 0) is 182 Å². The van der Waals surface area contributed by atoms with E-state index >= 15 is 0 Å². The Morgan fingerprint density at radius 2 is 0.360 bits per heavy atom. The fraction of sp³-hybridized carbons (Fsp3) is 0.697. The van der Waals surface area contributed by atoms with Crippen molar-refractivity contribution in [1.29, 1.82) is 0 Å². The van der Waals surface area contributed by atoms with Crippen LogP contribution in [0.15, 0.2) is 121 Å². The van der Waals surface area contributed by atoms with Gasteiger partial charge in [0.2, 0.25) is 0 Å². The van der Waals surface area contributed by atoms with Crippen LogP contribution in [0.2, 0.25) is 0 Å². The van der Waals surface area contributed by atoms with Crippen molar-refractivity contribution in [1.82, 2.24) is 0 Å². The maximum Gasteiger partial charge on any atom is 0.187 e. The summed E-state index contributed by atoms with van der Waals surface area (Å²) in [5.74, 6) is 2.39. The molecule has 21 aliphatic rings. The number of benzene rings is 5. The molecule has 21 fully saturated rings. The molecular formula is C99H144O40. The van der Waals surface area contributed by atoms with Crippen molar-refractivity contribution in [3.05, 3.63) is 155 Å². The van der Waals surface area contributed by atoms with Crippen molar-refractivity contribution in [2.75, 3.05) is 224 Å². The number of ether oxygens (including phenoxy) is 40. The van der Waals surface area contributed by atoms with E-state index in [4.69, 9.17) is 189 Å². The Bertz CT molecular complexity index is 4270. The standard InChI is InChI=1S/C99H144O40/c1-100-46-63-70-77(110-11)85(118-19)92(127-63)135-72-65(48-102-3)129-94(87(120-21)79(72)112-13)137-74-67(50-104-5)131-96(89(122-23)81(74)114-15)139-76-69(52-125-99(55-33-41-61(108-9)42-34-55,56-35-43-62(109-10)44-36-56)58-28-26-27-57(45-58)98(124-25,53-29-37-59(106-7)38-30-53)54-31-39-60(107-8)40-32-54)132-97(90(123-24)83(76)116-17)138-75-68(51-105-6)130-95(88(121-22)82(75)115-16)136-73-66(49-103-4)128-93(86(119-20)80(73)113-14)134-71-64(47-101-2)126-91(133-70)84(117-18)78(71)111-12/h26-45,63-97H,46-52H2,1-25H3/t63-,64-,65+,66-,67+,68-,69+,70+,71+,72+,73+,74+,75+,76+,77-,78-,79+,80-,81-,82-,83-,84+,85+,86+,87-,88+,89-,90+,91+,92+,93+,94+,95+,96+,97+/m0/s1. The van der Waals surface area contributed by atoms with E-state index in [-0.39, 0.29) is 39.6 Å². The molecule has 21 saturated heterocycles. The van der Waals surface area contributed by atoms with E-state index in [1.54, 1.807) is 35.5 Å². The van der Waals surface area contributed by atoms with Crippen molar-refractivity contribution in [2.45, 2.75) is 226 Å². The van der Waals surface area contributed by atoms with Crippen molar-refractivity contribution in [3.63, 3.8) is 0 Å². The molecule has 0 unspecified atom stereocenters. The molecule has 0 aromatic heterocycles. The van der Waals surface area contributed by atoms with Crippen LogP contribution >= 0.6 is 0 Å². The molecule has 0 amide bonds. The average molecular weight is 1970 g/mol. The Morgan fingerprint density at radius 1 is 0.187 bits per heavy atom. The zero-order chi connectivity index (χ0) is 99.4. The van der Waals surface area contributed by atoms with Crippen molar-refractivity contribution >= 4 is 0 Å². The van der Waals surface area contributed by atoms with Crippen LogP contribution in [0.1, 0.15) is 33.4 Å². The molecule has 0 saturated carbocycles. The highest BCUT2D eigenvalue weighted by molar-refractivity contribution is 5.55. The first-order chi connectivity index (χ1) is 67.8. The van der Waals surface area contributed by atoms with E-state index in [0.717, 1.165) is 11.1 Å². The van der Waals surface area contributed by atoms with E-state index in [0.29, 0.717) is 45.3 Å². The highest BCUT2D eigenvalue weighted by Gasteiger charge is 2.63. The fourth-order valence-corrected chi connectivity index (χ4v) is 20.8. The summed E-state index contributed by atoms with van der Waals surface area (Å²) in [5.41, 5.74) is 1.06. The molecule has 0 spiro atoms. The van der Waals surface area contributed by atoms with Gasteiger partial charge in [-0.15, -0.1) is 0 Å². The Labute approximate surface area is 813 Å². The van der Waals surface area contributed by atoms with Gasteiger partial charge in [-0.3, -0.25) is 0 Å².